The van der Waals surface area contributed by atoms with Gasteiger partial charge in [-0.2, -0.15) is 0 Å². The number of carbonyl (C=O) groups excluding carboxylic acids is 1. The minimum absolute atomic E-state index is 0.0534. The molecule has 0 saturated carbocycles. The summed E-state index contributed by atoms with van der Waals surface area (Å²) in [5, 5.41) is 11.8. The van der Waals surface area contributed by atoms with Crippen molar-refractivity contribution < 1.29 is 14.6 Å². The Morgan fingerprint density at radius 2 is 2.24 bits per heavy atom. The van der Waals surface area contributed by atoms with E-state index in [2.05, 4.69) is 5.32 Å². The van der Waals surface area contributed by atoms with E-state index in [9.17, 15) is 4.79 Å². The Kier molecular flexibility index (Phi) is 5.92. The Morgan fingerprint density at radius 1 is 1.47 bits per heavy atom. The van der Waals surface area contributed by atoms with Crippen molar-refractivity contribution in [2.75, 3.05) is 13.2 Å². The fourth-order valence-corrected chi connectivity index (χ4v) is 2.11. The predicted molar refractivity (Wildman–Crippen MR) is 66.7 cm³/mol. The van der Waals surface area contributed by atoms with Gasteiger partial charge in [-0.25, -0.2) is 0 Å². The van der Waals surface area contributed by atoms with Gasteiger partial charge in [-0.1, -0.05) is 0 Å². The van der Waals surface area contributed by atoms with Crippen LogP contribution in [-0.2, 0) is 9.53 Å². The van der Waals surface area contributed by atoms with E-state index < -0.39 is 0 Å². The zero-order chi connectivity index (χ0) is 12.7. The molecule has 0 aliphatic carbocycles. The third-order valence-electron chi connectivity index (χ3n) is 3.18. The fourth-order valence-electron chi connectivity index (χ4n) is 2.11. The highest BCUT2D eigenvalue weighted by molar-refractivity contribution is 5.76. The lowest BCUT2D eigenvalue weighted by atomic mass is 10.00. The van der Waals surface area contributed by atoms with E-state index in [-0.39, 0.29) is 24.2 Å². The molecule has 1 aliphatic heterocycles. The van der Waals surface area contributed by atoms with Crippen LogP contribution in [0.1, 0.15) is 52.4 Å². The molecule has 1 rings (SSSR count). The fraction of sp³-hybridized carbons (Fsp3) is 0.923. The van der Waals surface area contributed by atoms with Gasteiger partial charge in [0.05, 0.1) is 6.10 Å². The third kappa shape index (κ3) is 6.03. The Labute approximate surface area is 104 Å². The molecular formula is C13H25NO3. The molecule has 4 heteroatoms. The molecule has 1 unspecified atom stereocenters. The topological polar surface area (TPSA) is 58.6 Å². The van der Waals surface area contributed by atoms with Gasteiger partial charge in [-0.05, 0) is 46.0 Å². The van der Waals surface area contributed by atoms with Crippen LogP contribution in [0.25, 0.3) is 0 Å². The van der Waals surface area contributed by atoms with Crippen LogP contribution >= 0.6 is 0 Å². The molecule has 0 spiro atoms. The number of ether oxygens (including phenoxy) is 1. The zero-order valence-corrected chi connectivity index (χ0v) is 11.0. The first-order valence-corrected chi connectivity index (χ1v) is 6.57. The molecule has 100 valence electrons. The summed E-state index contributed by atoms with van der Waals surface area (Å²) in [6.45, 7) is 4.79. The van der Waals surface area contributed by atoms with Gasteiger partial charge in [-0.3, -0.25) is 4.79 Å². The van der Waals surface area contributed by atoms with Crippen molar-refractivity contribution in [3.8, 4) is 0 Å². The van der Waals surface area contributed by atoms with Gasteiger partial charge in [0.2, 0.25) is 5.91 Å². The quantitative estimate of drug-likeness (QED) is 0.745. The first kappa shape index (κ1) is 14.5. The van der Waals surface area contributed by atoms with E-state index in [4.69, 9.17) is 9.84 Å². The standard InChI is InChI=1S/C13H25NO3/c1-13(2,8-9-15)14-12(16)7-6-11-5-3-4-10-17-11/h11,15H,3-10H2,1-2H3,(H,14,16). The van der Waals surface area contributed by atoms with Crippen LogP contribution in [0.15, 0.2) is 0 Å². The Balaban J connectivity index is 2.20. The van der Waals surface area contributed by atoms with Crippen molar-refractivity contribution in [2.24, 2.45) is 0 Å². The van der Waals surface area contributed by atoms with Crippen molar-refractivity contribution in [1.29, 1.82) is 0 Å². The summed E-state index contributed by atoms with van der Waals surface area (Å²) < 4.78 is 5.59. The maximum Gasteiger partial charge on any atom is 0.220 e. The van der Waals surface area contributed by atoms with Crippen molar-refractivity contribution >= 4 is 5.91 Å². The summed E-state index contributed by atoms with van der Waals surface area (Å²) >= 11 is 0. The van der Waals surface area contributed by atoms with Crippen LogP contribution < -0.4 is 5.32 Å². The summed E-state index contributed by atoms with van der Waals surface area (Å²) in [4.78, 5) is 11.7. The Morgan fingerprint density at radius 3 is 2.82 bits per heavy atom. The Bertz CT molecular complexity index is 235. The molecule has 0 aromatic heterocycles. The number of aliphatic hydroxyl groups excluding tert-OH is 1. The van der Waals surface area contributed by atoms with Crippen LogP contribution in [0.3, 0.4) is 0 Å². The van der Waals surface area contributed by atoms with Gasteiger partial charge in [0, 0.05) is 25.2 Å². The molecule has 1 fully saturated rings. The maximum atomic E-state index is 11.7. The van der Waals surface area contributed by atoms with Crippen molar-refractivity contribution in [2.45, 2.75) is 64.0 Å². The number of amides is 1. The first-order chi connectivity index (χ1) is 8.03. The molecule has 0 aromatic rings. The van der Waals surface area contributed by atoms with Crippen molar-refractivity contribution in [1.82, 2.24) is 5.32 Å². The average molecular weight is 243 g/mol. The summed E-state index contributed by atoms with van der Waals surface area (Å²) in [5.74, 6) is 0.0534. The minimum Gasteiger partial charge on any atom is -0.396 e. The van der Waals surface area contributed by atoms with Crippen molar-refractivity contribution in [3.63, 3.8) is 0 Å². The number of hydrogen-bond donors (Lipinski definition) is 2. The second-order valence-electron chi connectivity index (χ2n) is 5.43. The van der Waals surface area contributed by atoms with E-state index in [1.165, 1.54) is 6.42 Å². The number of hydrogen-bond acceptors (Lipinski definition) is 3. The molecule has 17 heavy (non-hydrogen) atoms. The lowest BCUT2D eigenvalue weighted by molar-refractivity contribution is -0.123. The highest BCUT2D eigenvalue weighted by atomic mass is 16.5. The van der Waals surface area contributed by atoms with Gasteiger partial charge in [0.1, 0.15) is 0 Å². The third-order valence-corrected chi connectivity index (χ3v) is 3.18. The van der Waals surface area contributed by atoms with E-state index in [1.807, 2.05) is 13.8 Å². The maximum absolute atomic E-state index is 11.7. The predicted octanol–water partition coefficient (Wildman–Crippen LogP) is 1.61. The van der Waals surface area contributed by atoms with Gasteiger partial charge in [0.15, 0.2) is 0 Å². The van der Waals surface area contributed by atoms with Gasteiger partial charge >= 0.3 is 0 Å². The normalized spacial score (nSPS) is 21.2. The van der Waals surface area contributed by atoms with Crippen LogP contribution in [-0.4, -0.2) is 35.9 Å². The molecule has 1 atom stereocenters. The van der Waals surface area contributed by atoms with E-state index in [0.29, 0.717) is 12.8 Å². The first-order valence-electron chi connectivity index (χ1n) is 6.57. The second kappa shape index (κ2) is 6.97. The van der Waals surface area contributed by atoms with E-state index in [0.717, 1.165) is 25.9 Å². The molecule has 0 bridgehead atoms. The van der Waals surface area contributed by atoms with Crippen LogP contribution in [0, 0.1) is 0 Å². The van der Waals surface area contributed by atoms with Gasteiger partial charge in [-0.15, -0.1) is 0 Å². The number of rotatable bonds is 6. The minimum atomic E-state index is -0.320. The SMILES string of the molecule is CC(C)(CCO)NC(=O)CCC1CCCCO1. The van der Waals surface area contributed by atoms with Crippen LogP contribution in [0.5, 0.6) is 0 Å². The summed E-state index contributed by atoms with van der Waals surface area (Å²) in [5.41, 5.74) is -0.320. The highest BCUT2D eigenvalue weighted by Gasteiger charge is 2.21. The molecular weight excluding hydrogens is 218 g/mol. The van der Waals surface area contributed by atoms with E-state index in [1.54, 1.807) is 0 Å². The van der Waals surface area contributed by atoms with Gasteiger partial charge < -0.3 is 15.2 Å². The average Bonchev–Trinajstić information content (AvgIpc) is 2.27. The second-order valence-corrected chi connectivity index (χ2v) is 5.43. The molecule has 4 nitrogen and oxygen atoms in total. The molecule has 0 aromatic carbocycles. The molecule has 1 saturated heterocycles. The number of carbonyl (C=O) groups is 1. The largest absolute Gasteiger partial charge is 0.396 e. The monoisotopic (exact) mass is 243 g/mol. The summed E-state index contributed by atoms with van der Waals surface area (Å²) in [7, 11) is 0. The van der Waals surface area contributed by atoms with Crippen molar-refractivity contribution in [3.05, 3.63) is 0 Å². The zero-order valence-electron chi connectivity index (χ0n) is 11.0. The summed E-state index contributed by atoms with van der Waals surface area (Å²) in [6.07, 6.45) is 5.59. The smallest absolute Gasteiger partial charge is 0.220 e. The Hall–Kier alpha value is -0.610. The lowest BCUT2D eigenvalue weighted by Crippen LogP contribution is -2.44. The molecule has 1 heterocycles. The lowest BCUT2D eigenvalue weighted by Gasteiger charge is -2.26. The number of aliphatic hydroxyl groups is 1. The number of nitrogens with one attached hydrogen (secondary N) is 1. The summed E-state index contributed by atoms with van der Waals surface area (Å²) in [6, 6.07) is 0. The van der Waals surface area contributed by atoms with Crippen LogP contribution in [0.4, 0.5) is 0 Å². The molecule has 2 N–H and O–H groups in total. The molecule has 1 amide bonds. The molecule has 0 radical (unpaired) electrons. The van der Waals surface area contributed by atoms with E-state index >= 15 is 0 Å². The molecule has 1 aliphatic rings. The highest BCUT2D eigenvalue weighted by Crippen LogP contribution is 2.17. The van der Waals surface area contributed by atoms with Crippen LogP contribution in [0.2, 0.25) is 0 Å². The van der Waals surface area contributed by atoms with Gasteiger partial charge in [0.25, 0.3) is 0 Å².